The number of aromatic nitrogens is 2. The third-order valence-corrected chi connectivity index (χ3v) is 11.2. The Morgan fingerprint density at radius 2 is 1.44 bits per heavy atom. The van der Waals surface area contributed by atoms with Gasteiger partial charge in [0.25, 0.3) is 0 Å². The van der Waals surface area contributed by atoms with Crippen molar-refractivity contribution in [2.75, 3.05) is 22.9 Å². The molecule has 1 N–H and O–H groups in total. The zero-order chi connectivity index (χ0) is 39.3. The zero-order valence-electron chi connectivity index (χ0n) is 30.7. The van der Waals surface area contributed by atoms with Gasteiger partial charge < -0.3 is 24.5 Å². The van der Waals surface area contributed by atoms with Crippen LogP contribution < -0.4 is 9.80 Å². The maximum absolute atomic E-state index is 14.1. The second kappa shape index (κ2) is 17.1. The van der Waals surface area contributed by atoms with E-state index in [1.165, 1.54) is 0 Å². The number of ether oxygens (including phenoxy) is 1. The number of halogens is 6. The fourth-order valence-electron chi connectivity index (χ4n) is 8.31. The maximum atomic E-state index is 14.1. The van der Waals surface area contributed by atoms with Gasteiger partial charge in [0.1, 0.15) is 6.10 Å². The Bertz CT molecular complexity index is 1710. The first-order valence-corrected chi connectivity index (χ1v) is 19.1. The summed E-state index contributed by atoms with van der Waals surface area (Å²) in [7, 11) is 0. The lowest BCUT2D eigenvalue weighted by Crippen LogP contribution is -2.58. The van der Waals surface area contributed by atoms with Crippen LogP contribution in [0, 0.1) is 5.92 Å². The molecule has 9 nitrogen and oxygen atoms in total. The number of hydrogen-bond donors (Lipinski definition) is 1. The van der Waals surface area contributed by atoms with E-state index in [4.69, 9.17) is 4.74 Å². The van der Waals surface area contributed by atoms with E-state index in [2.05, 4.69) is 14.9 Å². The van der Waals surface area contributed by atoms with Crippen molar-refractivity contribution >= 4 is 23.7 Å². The van der Waals surface area contributed by atoms with Crippen molar-refractivity contribution in [3.05, 3.63) is 83.2 Å². The number of benzene rings is 2. The molecule has 3 fully saturated rings. The van der Waals surface area contributed by atoms with Gasteiger partial charge in [-0.1, -0.05) is 37.3 Å². The highest BCUT2D eigenvalue weighted by Gasteiger charge is 2.43. The normalized spacial score (nSPS) is 23.7. The highest BCUT2D eigenvalue weighted by Crippen LogP contribution is 2.39. The summed E-state index contributed by atoms with van der Waals surface area (Å²) >= 11 is 0. The van der Waals surface area contributed by atoms with Crippen molar-refractivity contribution in [3.8, 4) is 0 Å². The van der Waals surface area contributed by atoms with Crippen LogP contribution in [-0.2, 0) is 34.8 Å². The summed E-state index contributed by atoms with van der Waals surface area (Å²) in [5.74, 6) is -1.18. The molecule has 3 atom stereocenters. The first kappa shape index (κ1) is 40.1. The van der Waals surface area contributed by atoms with Crippen LogP contribution in [0.25, 0.3) is 0 Å². The van der Waals surface area contributed by atoms with Gasteiger partial charge in [-0.15, -0.1) is 0 Å². The molecule has 1 aromatic heterocycles. The predicted octanol–water partition coefficient (Wildman–Crippen LogP) is 9.15. The van der Waals surface area contributed by atoms with Gasteiger partial charge >= 0.3 is 24.4 Å². The lowest BCUT2D eigenvalue weighted by atomic mass is 9.86. The first-order chi connectivity index (χ1) is 26.2. The summed E-state index contributed by atoms with van der Waals surface area (Å²) in [6.45, 7) is 3.23. The molecule has 15 heteroatoms. The monoisotopic (exact) mass is 775 g/mol. The SMILES string of the molecule is CC[C@@H]1C[C@H](N(Cc2cc(C(F)(F)F)cc(C(F)(F)F)c2)c2ncc(N3CCCCC3)cn2)C[C@H](Cc2ccccc2)N1C(=O)O[C@H]1CC[C@H](C(=O)O)CC1. The molecule has 3 aromatic rings. The number of carboxylic acids is 1. The smallest absolute Gasteiger partial charge is 0.416 e. The van der Waals surface area contributed by atoms with E-state index in [9.17, 15) is 41.0 Å². The molecule has 298 valence electrons. The van der Waals surface area contributed by atoms with Crippen molar-refractivity contribution in [2.24, 2.45) is 5.92 Å². The molecule has 0 bridgehead atoms. The predicted molar refractivity (Wildman–Crippen MR) is 193 cm³/mol. The Morgan fingerprint density at radius 3 is 2.00 bits per heavy atom. The van der Waals surface area contributed by atoms with Crippen LogP contribution in [0.15, 0.2) is 60.9 Å². The van der Waals surface area contributed by atoms with Gasteiger partial charge in [-0.25, -0.2) is 14.8 Å². The van der Waals surface area contributed by atoms with Gasteiger partial charge in [0.05, 0.1) is 35.1 Å². The number of carbonyl (C=O) groups excluding carboxylic acids is 1. The molecule has 1 amide bonds. The summed E-state index contributed by atoms with van der Waals surface area (Å²) in [6.07, 6.45) is -1.37. The summed E-state index contributed by atoms with van der Waals surface area (Å²) < 4.78 is 89.9. The fraction of sp³-hybridized carbons (Fsp3) is 0.550. The first-order valence-electron chi connectivity index (χ1n) is 19.1. The highest BCUT2D eigenvalue weighted by molar-refractivity contribution is 5.70. The number of alkyl halides is 6. The lowest BCUT2D eigenvalue weighted by Gasteiger charge is -2.48. The number of aliphatic carboxylic acids is 1. The molecule has 3 heterocycles. The molecular weight excluding hydrogens is 728 g/mol. The molecule has 55 heavy (non-hydrogen) atoms. The molecule has 2 saturated heterocycles. The molecule has 6 rings (SSSR count). The molecule has 1 saturated carbocycles. The highest BCUT2D eigenvalue weighted by atomic mass is 19.4. The van der Waals surface area contributed by atoms with Crippen molar-refractivity contribution in [1.29, 1.82) is 0 Å². The van der Waals surface area contributed by atoms with Gasteiger partial charge in [0, 0.05) is 37.8 Å². The molecule has 0 unspecified atom stereocenters. The lowest BCUT2D eigenvalue weighted by molar-refractivity contribution is -0.144. The molecular formula is C40H47F6N5O4. The minimum Gasteiger partial charge on any atom is -0.481 e. The van der Waals surface area contributed by atoms with E-state index in [-0.39, 0.29) is 24.1 Å². The maximum Gasteiger partial charge on any atom is 0.416 e. The number of piperidine rings is 2. The number of carbonyl (C=O) groups is 2. The van der Waals surface area contributed by atoms with E-state index in [1.807, 2.05) is 37.3 Å². The summed E-state index contributed by atoms with van der Waals surface area (Å²) in [5, 5.41) is 9.44. The Morgan fingerprint density at radius 1 is 0.836 bits per heavy atom. The number of rotatable bonds is 10. The van der Waals surface area contributed by atoms with Crippen LogP contribution >= 0.6 is 0 Å². The number of hydrogen-bond acceptors (Lipinski definition) is 7. The van der Waals surface area contributed by atoms with Crippen molar-refractivity contribution < 1.29 is 45.8 Å². The average Bonchev–Trinajstić information content (AvgIpc) is 3.17. The Kier molecular flexibility index (Phi) is 12.4. The molecule has 0 radical (unpaired) electrons. The second-order valence-electron chi connectivity index (χ2n) is 15.0. The van der Waals surface area contributed by atoms with E-state index in [0.717, 1.165) is 55.7 Å². The summed E-state index contributed by atoms with van der Waals surface area (Å²) in [4.78, 5) is 40.5. The number of likely N-dealkylation sites (tertiary alicyclic amines) is 1. The average molecular weight is 776 g/mol. The van der Waals surface area contributed by atoms with Crippen LogP contribution in [0.2, 0.25) is 0 Å². The molecule has 2 aliphatic heterocycles. The van der Waals surface area contributed by atoms with Gasteiger partial charge in [0.15, 0.2) is 0 Å². The van der Waals surface area contributed by atoms with Crippen LogP contribution in [0.5, 0.6) is 0 Å². The largest absolute Gasteiger partial charge is 0.481 e. The minimum absolute atomic E-state index is 0.124. The van der Waals surface area contributed by atoms with Gasteiger partial charge in [0.2, 0.25) is 5.95 Å². The fourth-order valence-corrected chi connectivity index (χ4v) is 8.31. The van der Waals surface area contributed by atoms with Crippen LogP contribution in [0.3, 0.4) is 0 Å². The summed E-state index contributed by atoms with van der Waals surface area (Å²) in [6, 6.07) is 9.76. The van der Waals surface area contributed by atoms with E-state index in [1.54, 1.807) is 22.2 Å². The second-order valence-corrected chi connectivity index (χ2v) is 15.0. The molecule has 1 aliphatic carbocycles. The van der Waals surface area contributed by atoms with Crippen molar-refractivity contribution in [3.63, 3.8) is 0 Å². The Hall–Kier alpha value is -4.56. The number of amides is 1. The van der Waals surface area contributed by atoms with Crippen molar-refractivity contribution in [1.82, 2.24) is 14.9 Å². The number of carboxylic acid groups (broad SMARTS) is 1. The quantitative estimate of drug-likeness (QED) is 0.204. The van der Waals surface area contributed by atoms with E-state index in [0.29, 0.717) is 51.4 Å². The topological polar surface area (TPSA) is 99.1 Å². The van der Waals surface area contributed by atoms with Gasteiger partial charge in [-0.3, -0.25) is 4.79 Å². The molecule has 2 aromatic carbocycles. The molecule has 3 aliphatic rings. The standard InChI is InChI=1S/C40H47F6N5O4/c1-2-31-21-32(22-33(19-26-9-5-3-6-10-26)51(31)38(54)55-35-13-11-28(12-14-35)36(52)53)50(37-47-23-34(24-48-37)49-15-7-4-8-16-49)25-27-17-29(39(41,42)43)20-30(18-27)40(44,45)46/h3,5-6,9-10,17-18,20,23-24,28,31-33,35H,2,4,7-8,11-16,19,21-22,25H2,1H3,(H,52,53)/t28-,31-,32+,33+,35-/m1/s1. The third-order valence-electron chi connectivity index (χ3n) is 11.2. The van der Waals surface area contributed by atoms with Crippen LogP contribution in [0.1, 0.15) is 93.4 Å². The van der Waals surface area contributed by atoms with Crippen LogP contribution in [-0.4, -0.2) is 69.4 Å². The number of nitrogens with zero attached hydrogens (tertiary/aromatic N) is 5. The molecule has 0 spiro atoms. The van der Waals surface area contributed by atoms with E-state index >= 15 is 0 Å². The van der Waals surface area contributed by atoms with Gasteiger partial charge in [-0.05, 0) is 100.0 Å². The summed E-state index contributed by atoms with van der Waals surface area (Å²) in [5.41, 5.74) is -1.28. The third kappa shape index (κ3) is 10.0. The van der Waals surface area contributed by atoms with Gasteiger partial charge in [-0.2, -0.15) is 26.3 Å². The number of anilines is 2. The Balaban J connectivity index is 1.35. The van der Waals surface area contributed by atoms with E-state index < -0.39 is 65.7 Å². The minimum atomic E-state index is -5.01. The zero-order valence-corrected chi connectivity index (χ0v) is 30.7. The Labute approximate surface area is 316 Å². The van der Waals surface area contributed by atoms with Crippen LogP contribution in [0.4, 0.5) is 42.8 Å². The van der Waals surface area contributed by atoms with Crippen molar-refractivity contribution in [2.45, 2.75) is 121 Å².